The van der Waals surface area contributed by atoms with Crippen molar-refractivity contribution < 1.29 is 13.6 Å². The highest BCUT2D eigenvalue weighted by Gasteiger charge is 2.09. The van der Waals surface area contributed by atoms with E-state index in [2.05, 4.69) is 28.2 Å². The largest absolute Gasteiger partial charge is 0.355 e. The summed E-state index contributed by atoms with van der Waals surface area (Å²) in [5.41, 5.74) is 0.466. The normalized spacial score (nSPS) is 12.2. The van der Waals surface area contributed by atoms with E-state index in [-0.39, 0.29) is 17.2 Å². The second kappa shape index (κ2) is 7.46. The van der Waals surface area contributed by atoms with Crippen LogP contribution in [0.5, 0.6) is 0 Å². The van der Waals surface area contributed by atoms with E-state index in [1.807, 2.05) is 0 Å². The van der Waals surface area contributed by atoms with E-state index in [9.17, 15) is 13.6 Å². The van der Waals surface area contributed by atoms with Gasteiger partial charge < -0.3 is 5.32 Å². The standard InChI is InChI=1S/C13H16BrF2NO/c1-2-3-10(14)8-17-13(18)7-9-4-5-11(15)12(16)6-9/h4-6,10H,2-3,7-8H2,1H3,(H,17,18). The molecule has 0 saturated heterocycles. The van der Waals surface area contributed by atoms with Crippen LogP contribution in [0.4, 0.5) is 8.78 Å². The molecule has 0 spiro atoms. The number of amides is 1. The second-order valence-electron chi connectivity index (χ2n) is 4.12. The number of benzene rings is 1. The van der Waals surface area contributed by atoms with E-state index >= 15 is 0 Å². The van der Waals surface area contributed by atoms with Crippen molar-refractivity contribution in [3.05, 3.63) is 35.4 Å². The molecule has 2 nitrogen and oxygen atoms in total. The third kappa shape index (κ3) is 5.12. The average molecular weight is 320 g/mol. The third-order valence-electron chi connectivity index (χ3n) is 2.47. The van der Waals surface area contributed by atoms with Gasteiger partial charge in [0.1, 0.15) is 0 Å². The maximum Gasteiger partial charge on any atom is 0.224 e. The first kappa shape index (κ1) is 15.1. The minimum Gasteiger partial charge on any atom is -0.355 e. The molecule has 0 bridgehead atoms. The monoisotopic (exact) mass is 319 g/mol. The maximum atomic E-state index is 12.9. The van der Waals surface area contributed by atoms with Crippen molar-refractivity contribution in [2.45, 2.75) is 31.0 Å². The summed E-state index contributed by atoms with van der Waals surface area (Å²) in [6.45, 7) is 2.60. The Balaban J connectivity index is 2.42. The number of rotatable bonds is 6. The molecule has 1 N–H and O–H groups in total. The lowest BCUT2D eigenvalue weighted by Crippen LogP contribution is -2.30. The van der Waals surface area contributed by atoms with E-state index in [1.54, 1.807) is 0 Å². The Morgan fingerprint density at radius 1 is 1.39 bits per heavy atom. The van der Waals surface area contributed by atoms with Gasteiger partial charge in [0.05, 0.1) is 6.42 Å². The van der Waals surface area contributed by atoms with Crippen LogP contribution in [-0.2, 0) is 11.2 Å². The van der Waals surface area contributed by atoms with Gasteiger partial charge in [0.25, 0.3) is 0 Å². The van der Waals surface area contributed by atoms with Crippen LogP contribution in [0.3, 0.4) is 0 Å². The lowest BCUT2D eigenvalue weighted by molar-refractivity contribution is -0.120. The summed E-state index contributed by atoms with van der Waals surface area (Å²) in [4.78, 5) is 11.8. The summed E-state index contributed by atoms with van der Waals surface area (Å²) < 4.78 is 25.6. The highest BCUT2D eigenvalue weighted by atomic mass is 79.9. The molecule has 100 valence electrons. The zero-order valence-electron chi connectivity index (χ0n) is 10.2. The quantitative estimate of drug-likeness (QED) is 0.802. The van der Waals surface area contributed by atoms with Crippen LogP contribution in [0.2, 0.25) is 0 Å². The number of alkyl halides is 1. The van der Waals surface area contributed by atoms with Crippen molar-refractivity contribution in [1.29, 1.82) is 0 Å². The Hall–Kier alpha value is -0.970. The van der Waals surface area contributed by atoms with E-state index in [4.69, 9.17) is 0 Å². The molecule has 0 saturated carbocycles. The Morgan fingerprint density at radius 2 is 2.11 bits per heavy atom. The molecule has 0 fully saturated rings. The molecule has 0 aliphatic heterocycles. The predicted octanol–water partition coefficient (Wildman–Crippen LogP) is 3.19. The van der Waals surface area contributed by atoms with Gasteiger partial charge >= 0.3 is 0 Å². The molecule has 0 heterocycles. The van der Waals surface area contributed by atoms with Crippen LogP contribution in [0.25, 0.3) is 0 Å². The molecule has 0 radical (unpaired) electrons. The Morgan fingerprint density at radius 3 is 2.72 bits per heavy atom. The summed E-state index contributed by atoms with van der Waals surface area (Å²) in [5, 5.41) is 2.75. The molecule has 0 aromatic heterocycles. The van der Waals surface area contributed by atoms with Crippen molar-refractivity contribution in [1.82, 2.24) is 5.32 Å². The Bertz CT molecular complexity index is 412. The van der Waals surface area contributed by atoms with Gasteiger partial charge in [-0.25, -0.2) is 8.78 Å². The van der Waals surface area contributed by atoms with Crippen LogP contribution >= 0.6 is 15.9 Å². The molecule has 1 aromatic rings. The molecule has 18 heavy (non-hydrogen) atoms. The fraction of sp³-hybridized carbons (Fsp3) is 0.462. The molecule has 1 aromatic carbocycles. The number of carbonyl (C=O) groups is 1. The van der Waals surface area contributed by atoms with Crippen molar-refractivity contribution in [3.8, 4) is 0 Å². The lowest BCUT2D eigenvalue weighted by atomic mass is 10.1. The first-order valence-electron chi connectivity index (χ1n) is 5.87. The Labute approximate surface area is 114 Å². The lowest BCUT2D eigenvalue weighted by Gasteiger charge is -2.10. The highest BCUT2D eigenvalue weighted by molar-refractivity contribution is 9.09. The van der Waals surface area contributed by atoms with E-state index in [0.29, 0.717) is 12.1 Å². The molecule has 0 aliphatic carbocycles. The Kier molecular flexibility index (Phi) is 6.25. The van der Waals surface area contributed by atoms with Gasteiger partial charge in [0.2, 0.25) is 5.91 Å². The van der Waals surface area contributed by atoms with Gasteiger partial charge in [-0.3, -0.25) is 4.79 Å². The zero-order chi connectivity index (χ0) is 13.5. The molecule has 1 unspecified atom stereocenters. The fourth-order valence-electron chi connectivity index (χ4n) is 1.54. The van der Waals surface area contributed by atoms with Crippen molar-refractivity contribution in [3.63, 3.8) is 0 Å². The number of halogens is 3. The summed E-state index contributed by atoms with van der Waals surface area (Å²) in [7, 11) is 0. The smallest absolute Gasteiger partial charge is 0.224 e. The molecule has 5 heteroatoms. The number of carbonyl (C=O) groups excluding carboxylic acids is 1. The minimum atomic E-state index is -0.926. The van der Waals surface area contributed by atoms with Gasteiger partial charge in [-0.2, -0.15) is 0 Å². The first-order chi connectivity index (χ1) is 8.52. The first-order valence-corrected chi connectivity index (χ1v) is 6.79. The predicted molar refractivity (Wildman–Crippen MR) is 70.7 cm³/mol. The number of hydrogen-bond donors (Lipinski definition) is 1. The summed E-state index contributed by atoms with van der Waals surface area (Å²) in [6.07, 6.45) is 2.07. The third-order valence-corrected chi connectivity index (χ3v) is 3.25. The molecule has 1 rings (SSSR count). The zero-order valence-corrected chi connectivity index (χ0v) is 11.8. The second-order valence-corrected chi connectivity index (χ2v) is 5.41. The van der Waals surface area contributed by atoms with Crippen molar-refractivity contribution in [2.24, 2.45) is 0 Å². The molecular weight excluding hydrogens is 304 g/mol. The van der Waals surface area contributed by atoms with Gasteiger partial charge in [0.15, 0.2) is 11.6 Å². The molecular formula is C13H16BrF2NO. The molecule has 0 aliphatic rings. The average Bonchev–Trinajstić information content (AvgIpc) is 2.32. The van der Waals surface area contributed by atoms with Crippen LogP contribution in [-0.4, -0.2) is 17.3 Å². The van der Waals surface area contributed by atoms with Crippen LogP contribution < -0.4 is 5.32 Å². The van der Waals surface area contributed by atoms with Gasteiger partial charge in [-0.05, 0) is 24.1 Å². The SMILES string of the molecule is CCCC(Br)CNC(=O)Cc1ccc(F)c(F)c1. The minimum absolute atomic E-state index is 0.0586. The van der Waals surface area contributed by atoms with Crippen LogP contribution in [0, 0.1) is 11.6 Å². The molecule has 1 atom stereocenters. The van der Waals surface area contributed by atoms with Crippen LogP contribution in [0.1, 0.15) is 25.3 Å². The van der Waals surface area contributed by atoms with Gasteiger partial charge in [-0.1, -0.05) is 35.3 Å². The maximum absolute atomic E-state index is 12.9. The summed E-state index contributed by atoms with van der Waals surface area (Å²) >= 11 is 3.45. The fourth-order valence-corrected chi connectivity index (χ4v) is 2.16. The van der Waals surface area contributed by atoms with E-state index < -0.39 is 11.6 Å². The van der Waals surface area contributed by atoms with Crippen molar-refractivity contribution in [2.75, 3.05) is 6.54 Å². The number of hydrogen-bond acceptors (Lipinski definition) is 1. The van der Waals surface area contributed by atoms with Crippen molar-refractivity contribution >= 4 is 21.8 Å². The van der Waals surface area contributed by atoms with E-state index in [1.165, 1.54) is 6.07 Å². The van der Waals surface area contributed by atoms with Crippen LogP contribution in [0.15, 0.2) is 18.2 Å². The topological polar surface area (TPSA) is 29.1 Å². The van der Waals surface area contributed by atoms with Gasteiger partial charge in [-0.15, -0.1) is 0 Å². The summed E-state index contributed by atoms with van der Waals surface area (Å²) in [6, 6.07) is 3.49. The molecule has 1 amide bonds. The highest BCUT2D eigenvalue weighted by Crippen LogP contribution is 2.10. The van der Waals surface area contributed by atoms with E-state index in [0.717, 1.165) is 25.0 Å². The van der Waals surface area contributed by atoms with Gasteiger partial charge in [0, 0.05) is 11.4 Å². The summed E-state index contributed by atoms with van der Waals surface area (Å²) in [5.74, 6) is -2.02. The number of nitrogens with one attached hydrogen (secondary N) is 1.